The third-order valence-electron chi connectivity index (χ3n) is 3.01. The number of hydrogen-bond acceptors (Lipinski definition) is 2. The van der Waals surface area contributed by atoms with E-state index in [0.29, 0.717) is 33.2 Å². The Kier molecular flexibility index (Phi) is 3.22. The van der Waals surface area contributed by atoms with Crippen molar-refractivity contribution in [2.24, 2.45) is 0 Å². The molecule has 1 aliphatic rings. The highest BCUT2D eigenvalue weighted by Crippen LogP contribution is 2.40. The molecule has 1 aromatic heterocycles. The Morgan fingerprint density at radius 2 is 1.89 bits per heavy atom. The molecule has 0 spiro atoms. The van der Waals surface area contributed by atoms with Crippen LogP contribution in [-0.2, 0) is 5.88 Å². The lowest BCUT2D eigenvalue weighted by Gasteiger charge is -2.06. The molecule has 1 aliphatic carbocycles. The lowest BCUT2D eigenvalue weighted by molar-refractivity contribution is 0.593. The summed E-state index contributed by atoms with van der Waals surface area (Å²) in [4.78, 5) is 0. The van der Waals surface area contributed by atoms with Crippen molar-refractivity contribution >= 4 is 34.8 Å². The van der Waals surface area contributed by atoms with Crippen molar-refractivity contribution in [3.63, 3.8) is 0 Å². The van der Waals surface area contributed by atoms with E-state index in [9.17, 15) is 0 Å². The lowest BCUT2D eigenvalue weighted by atomic mass is 10.1. The van der Waals surface area contributed by atoms with Gasteiger partial charge in [0.1, 0.15) is 5.69 Å². The normalized spacial score (nSPS) is 15.1. The maximum atomic E-state index is 6.19. The fraction of sp³-hybridized carbons (Fsp3) is 0.333. The van der Waals surface area contributed by atoms with Crippen LogP contribution in [0.25, 0.3) is 11.3 Å². The van der Waals surface area contributed by atoms with Gasteiger partial charge in [0.15, 0.2) is 0 Å². The first-order valence-electron chi connectivity index (χ1n) is 5.66. The van der Waals surface area contributed by atoms with Gasteiger partial charge in [-0.25, -0.2) is 4.68 Å². The predicted molar refractivity (Wildman–Crippen MR) is 73.3 cm³/mol. The molecular weight excluding hydrogens is 293 g/mol. The number of nitrogens with zero attached hydrogens (tertiary/aromatic N) is 3. The fourth-order valence-corrected chi connectivity index (χ4v) is 2.79. The van der Waals surface area contributed by atoms with Crippen LogP contribution in [-0.4, -0.2) is 15.0 Å². The van der Waals surface area contributed by atoms with E-state index in [2.05, 4.69) is 10.3 Å². The maximum absolute atomic E-state index is 6.19. The Morgan fingerprint density at radius 3 is 2.44 bits per heavy atom. The standard InChI is InChI=1S/C12H10Cl3N3/c13-6-10-12(16-17-18(10)7-4-5-7)11-8(14)2-1-3-9(11)15/h1-3,7H,4-6H2. The maximum Gasteiger partial charge on any atom is 0.120 e. The first-order chi connectivity index (χ1) is 8.72. The molecule has 0 saturated heterocycles. The lowest BCUT2D eigenvalue weighted by Crippen LogP contribution is -2.01. The zero-order chi connectivity index (χ0) is 12.7. The summed E-state index contributed by atoms with van der Waals surface area (Å²) in [5.74, 6) is 0.348. The summed E-state index contributed by atoms with van der Waals surface area (Å²) in [7, 11) is 0. The van der Waals surface area contributed by atoms with E-state index in [1.807, 2.05) is 4.68 Å². The average molecular weight is 303 g/mol. The van der Waals surface area contributed by atoms with E-state index in [1.165, 1.54) is 0 Å². The van der Waals surface area contributed by atoms with Gasteiger partial charge in [0, 0.05) is 5.56 Å². The largest absolute Gasteiger partial charge is 0.244 e. The Labute approximate surface area is 120 Å². The van der Waals surface area contributed by atoms with Gasteiger partial charge >= 0.3 is 0 Å². The van der Waals surface area contributed by atoms with Gasteiger partial charge in [-0.3, -0.25) is 0 Å². The zero-order valence-corrected chi connectivity index (χ0v) is 11.7. The van der Waals surface area contributed by atoms with Gasteiger partial charge in [-0.2, -0.15) is 0 Å². The smallest absolute Gasteiger partial charge is 0.120 e. The summed E-state index contributed by atoms with van der Waals surface area (Å²) in [5, 5.41) is 9.51. The number of rotatable bonds is 3. The number of halogens is 3. The number of benzene rings is 1. The summed E-state index contributed by atoms with van der Waals surface area (Å²) in [6, 6.07) is 5.81. The van der Waals surface area contributed by atoms with Crippen LogP contribution in [0.3, 0.4) is 0 Å². The van der Waals surface area contributed by atoms with Crippen LogP contribution >= 0.6 is 34.8 Å². The van der Waals surface area contributed by atoms with Gasteiger partial charge in [0.2, 0.25) is 0 Å². The molecule has 18 heavy (non-hydrogen) atoms. The average Bonchev–Trinajstić information content (AvgIpc) is 3.10. The minimum atomic E-state index is 0.348. The first kappa shape index (κ1) is 12.3. The molecule has 1 saturated carbocycles. The van der Waals surface area contributed by atoms with Crippen molar-refractivity contribution in [2.75, 3.05) is 0 Å². The molecule has 0 unspecified atom stereocenters. The van der Waals surface area contributed by atoms with E-state index in [0.717, 1.165) is 18.5 Å². The van der Waals surface area contributed by atoms with Crippen molar-refractivity contribution in [1.82, 2.24) is 15.0 Å². The summed E-state index contributed by atoms with van der Waals surface area (Å²) in [5.41, 5.74) is 2.28. The SMILES string of the molecule is ClCc1c(-c2c(Cl)cccc2Cl)nnn1C1CC1. The molecule has 0 N–H and O–H groups in total. The van der Waals surface area contributed by atoms with E-state index >= 15 is 0 Å². The predicted octanol–water partition coefficient (Wildman–Crippen LogP) is 4.33. The Balaban J connectivity index is 2.16. The van der Waals surface area contributed by atoms with Gasteiger partial charge in [-0.1, -0.05) is 34.5 Å². The summed E-state index contributed by atoms with van der Waals surface area (Å²) < 4.78 is 1.89. The molecule has 0 aliphatic heterocycles. The third kappa shape index (κ3) is 2.00. The van der Waals surface area contributed by atoms with Crippen molar-refractivity contribution < 1.29 is 0 Å². The van der Waals surface area contributed by atoms with Crippen LogP contribution < -0.4 is 0 Å². The van der Waals surface area contributed by atoms with E-state index in [1.54, 1.807) is 18.2 Å². The van der Waals surface area contributed by atoms with Gasteiger partial charge in [0.05, 0.1) is 27.7 Å². The quantitative estimate of drug-likeness (QED) is 0.790. The molecule has 94 valence electrons. The molecule has 1 heterocycles. The molecule has 0 radical (unpaired) electrons. The van der Waals surface area contributed by atoms with Crippen LogP contribution in [0, 0.1) is 0 Å². The van der Waals surface area contributed by atoms with Gasteiger partial charge in [-0.15, -0.1) is 16.7 Å². The Hall–Kier alpha value is -0.770. The van der Waals surface area contributed by atoms with Crippen LogP contribution in [0.1, 0.15) is 24.6 Å². The van der Waals surface area contributed by atoms with Crippen LogP contribution in [0.2, 0.25) is 10.0 Å². The molecule has 1 aromatic carbocycles. The molecule has 0 amide bonds. The minimum absolute atomic E-state index is 0.348. The second-order valence-electron chi connectivity index (χ2n) is 4.29. The second-order valence-corrected chi connectivity index (χ2v) is 5.37. The Bertz CT molecular complexity index is 570. The van der Waals surface area contributed by atoms with Crippen molar-refractivity contribution in [2.45, 2.75) is 24.8 Å². The molecule has 3 rings (SSSR count). The zero-order valence-electron chi connectivity index (χ0n) is 9.41. The molecule has 6 heteroatoms. The van der Waals surface area contributed by atoms with Crippen LogP contribution in [0.5, 0.6) is 0 Å². The van der Waals surface area contributed by atoms with Gasteiger partial charge in [0.25, 0.3) is 0 Å². The highest BCUT2D eigenvalue weighted by Gasteiger charge is 2.29. The minimum Gasteiger partial charge on any atom is -0.244 e. The Morgan fingerprint density at radius 1 is 1.22 bits per heavy atom. The third-order valence-corrected chi connectivity index (χ3v) is 3.89. The highest BCUT2D eigenvalue weighted by molar-refractivity contribution is 6.39. The van der Waals surface area contributed by atoms with E-state index in [4.69, 9.17) is 34.8 Å². The van der Waals surface area contributed by atoms with E-state index in [-0.39, 0.29) is 0 Å². The number of aromatic nitrogens is 3. The topological polar surface area (TPSA) is 30.7 Å². The number of alkyl halides is 1. The molecular formula is C12H10Cl3N3. The number of hydrogen-bond donors (Lipinski definition) is 0. The van der Waals surface area contributed by atoms with Crippen LogP contribution in [0.15, 0.2) is 18.2 Å². The van der Waals surface area contributed by atoms with Crippen molar-refractivity contribution in [1.29, 1.82) is 0 Å². The fourth-order valence-electron chi connectivity index (χ4n) is 1.97. The monoisotopic (exact) mass is 301 g/mol. The molecule has 2 aromatic rings. The summed E-state index contributed by atoms with van der Waals surface area (Å²) in [6.45, 7) is 0. The summed E-state index contributed by atoms with van der Waals surface area (Å²) >= 11 is 18.4. The molecule has 0 atom stereocenters. The van der Waals surface area contributed by atoms with Gasteiger partial charge in [-0.05, 0) is 25.0 Å². The molecule has 3 nitrogen and oxygen atoms in total. The van der Waals surface area contributed by atoms with Crippen LogP contribution in [0.4, 0.5) is 0 Å². The van der Waals surface area contributed by atoms with Crippen molar-refractivity contribution in [3.05, 3.63) is 33.9 Å². The summed E-state index contributed by atoms with van der Waals surface area (Å²) in [6.07, 6.45) is 2.26. The first-order valence-corrected chi connectivity index (χ1v) is 6.96. The van der Waals surface area contributed by atoms with E-state index < -0.39 is 0 Å². The van der Waals surface area contributed by atoms with Crippen molar-refractivity contribution in [3.8, 4) is 11.3 Å². The second kappa shape index (κ2) is 4.72. The molecule has 1 fully saturated rings. The van der Waals surface area contributed by atoms with Gasteiger partial charge < -0.3 is 0 Å². The molecule has 0 bridgehead atoms. The highest BCUT2D eigenvalue weighted by atomic mass is 35.5.